The van der Waals surface area contributed by atoms with Gasteiger partial charge in [-0.2, -0.15) is 0 Å². The van der Waals surface area contributed by atoms with Gasteiger partial charge in [-0.3, -0.25) is 9.59 Å². The Morgan fingerprint density at radius 2 is 1.86 bits per heavy atom. The Bertz CT molecular complexity index is 667. The fourth-order valence-corrected chi connectivity index (χ4v) is 3.80. The smallest absolute Gasteiger partial charge is 0.319 e. The molecule has 1 atom stereocenters. The number of benzene rings is 1. The van der Waals surface area contributed by atoms with Crippen molar-refractivity contribution in [3.63, 3.8) is 0 Å². The predicted octanol–water partition coefficient (Wildman–Crippen LogP) is 6.31. The van der Waals surface area contributed by atoms with Gasteiger partial charge in [-0.25, -0.2) is 4.39 Å². The molecular weight excluding hydrogens is 401 g/mol. The molecule has 0 spiro atoms. The van der Waals surface area contributed by atoms with Gasteiger partial charge in [0, 0.05) is 11.3 Å². The number of rotatable bonds is 11. The minimum absolute atomic E-state index is 0.0754. The SMILES string of the molecule is CCCC(Sc1cc(NC(=O)CCC(C)C)c(F)cc1Cl)C(=O)OCC(C)C. The van der Waals surface area contributed by atoms with Gasteiger partial charge in [0.15, 0.2) is 0 Å². The lowest BCUT2D eigenvalue weighted by Crippen LogP contribution is -2.22. The Morgan fingerprint density at radius 3 is 2.43 bits per heavy atom. The molecule has 158 valence electrons. The average Bonchev–Trinajstić information content (AvgIpc) is 2.61. The second-order valence-corrected chi connectivity index (χ2v) is 9.31. The molecule has 0 fully saturated rings. The number of ether oxygens (including phenoxy) is 1. The van der Waals surface area contributed by atoms with Crippen molar-refractivity contribution in [1.82, 2.24) is 0 Å². The van der Waals surface area contributed by atoms with E-state index in [2.05, 4.69) is 5.32 Å². The lowest BCUT2D eigenvalue weighted by atomic mass is 10.1. The molecule has 0 aliphatic rings. The zero-order chi connectivity index (χ0) is 21.3. The summed E-state index contributed by atoms with van der Waals surface area (Å²) in [6, 6.07) is 2.67. The van der Waals surface area contributed by atoms with Crippen molar-refractivity contribution in [3.05, 3.63) is 23.0 Å². The quantitative estimate of drug-likeness (QED) is 0.329. The molecule has 4 nitrogen and oxygen atoms in total. The van der Waals surface area contributed by atoms with Gasteiger partial charge in [0.25, 0.3) is 0 Å². The third kappa shape index (κ3) is 8.82. The number of carbonyl (C=O) groups is 2. The predicted molar refractivity (Wildman–Crippen MR) is 114 cm³/mol. The van der Waals surface area contributed by atoms with E-state index in [0.29, 0.717) is 30.3 Å². The van der Waals surface area contributed by atoms with Gasteiger partial charge in [0.1, 0.15) is 11.1 Å². The Morgan fingerprint density at radius 1 is 1.18 bits per heavy atom. The molecule has 0 radical (unpaired) electrons. The van der Waals surface area contributed by atoms with E-state index >= 15 is 0 Å². The molecule has 0 aliphatic heterocycles. The summed E-state index contributed by atoms with van der Waals surface area (Å²) in [6.45, 7) is 10.3. The van der Waals surface area contributed by atoms with Gasteiger partial charge in [-0.15, -0.1) is 11.8 Å². The van der Waals surface area contributed by atoms with Crippen molar-refractivity contribution in [2.75, 3.05) is 11.9 Å². The van der Waals surface area contributed by atoms with Gasteiger partial charge in [0.2, 0.25) is 5.91 Å². The zero-order valence-electron chi connectivity index (χ0n) is 17.3. The number of amides is 1. The van der Waals surface area contributed by atoms with E-state index < -0.39 is 11.1 Å². The van der Waals surface area contributed by atoms with Crippen molar-refractivity contribution in [2.24, 2.45) is 11.8 Å². The highest BCUT2D eigenvalue weighted by Crippen LogP contribution is 2.36. The molecule has 1 aromatic rings. The summed E-state index contributed by atoms with van der Waals surface area (Å²) in [5.74, 6) is -0.505. The normalized spacial score (nSPS) is 12.3. The van der Waals surface area contributed by atoms with Gasteiger partial charge < -0.3 is 10.1 Å². The van der Waals surface area contributed by atoms with Crippen LogP contribution in [0.15, 0.2) is 17.0 Å². The van der Waals surface area contributed by atoms with Crippen LogP contribution in [0.4, 0.5) is 10.1 Å². The van der Waals surface area contributed by atoms with Crippen LogP contribution in [0.2, 0.25) is 5.02 Å². The molecule has 1 amide bonds. The Kier molecular flexibility index (Phi) is 10.9. The Hall–Kier alpha value is -1.27. The molecule has 1 aromatic carbocycles. The van der Waals surface area contributed by atoms with Gasteiger partial charge in [0.05, 0.1) is 17.3 Å². The zero-order valence-corrected chi connectivity index (χ0v) is 18.9. The molecule has 0 aliphatic carbocycles. The van der Waals surface area contributed by atoms with Crippen LogP contribution in [0.1, 0.15) is 60.3 Å². The fraction of sp³-hybridized carbons (Fsp3) is 0.619. The molecule has 28 heavy (non-hydrogen) atoms. The lowest BCUT2D eigenvalue weighted by molar-refractivity contribution is -0.144. The van der Waals surface area contributed by atoms with Gasteiger partial charge >= 0.3 is 5.97 Å². The van der Waals surface area contributed by atoms with E-state index in [1.807, 2.05) is 34.6 Å². The van der Waals surface area contributed by atoms with E-state index in [9.17, 15) is 14.0 Å². The summed E-state index contributed by atoms with van der Waals surface area (Å²) in [5, 5.41) is 2.38. The maximum atomic E-state index is 14.2. The first-order valence-electron chi connectivity index (χ1n) is 9.76. The molecule has 1 unspecified atom stereocenters. The number of halogens is 2. The van der Waals surface area contributed by atoms with Crippen molar-refractivity contribution in [3.8, 4) is 0 Å². The second kappa shape index (κ2) is 12.3. The first-order valence-corrected chi connectivity index (χ1v) is 11.0. The van der Waals surface area contributed by atoms with E-state index in [4.69, 9.17) is 16.3 Å². The maximum Gasteiger partial charge on any atom is 0.319 e. The number of thioether (sulfide) groups is 1. The van der Waals surface area contributed by atoms with Crippen LogP contribution in [0, 0.1) is 17.7 Å². The number of hydrogen-bond acceptors (Lipinski definition) is 4. The van der Waals surface area contributed by atoms with Crippen LogP contribution < -0.4 is 5.32 Å². The van der Waals surface area contributed by atoms with Crippen molar-refractivity contribution in [1.29, 1.82) is 0 Å². The van der Waals surface area contributed by atoms with E-state index in [0.717, 1.165) is 12.8 Å². The molecule has 0 saturated carbocycles. The molecule has 0 bridgehead atoms. The molecule has 7 heteroatoms. The molecule has 0 saturated heterocycles. The van der Waals surface area contributed by atoms with E-state index in [1.54, 1.807) is 0 Å². The highest BCUT2D eigenvalue weighted by Gasteiger charge is 2.23. The fourth-order valence-electron chi connectivity index (χ4n) is 2.33. The van der Waals surface area contributed by atoms with Crippen LogP contribution in [-0.4, -0.2) is 23.7 Å². The van der Waals surface area contributed by atoms with Crippen molar-refractivity contribution < 1.29 is 18.7 Å². The lowest BCUT2D eigenvalue weighted by Gasteiger charge is -2.17. The summed E-state index contributed by atoms with van der Waals surface area (Å²) >= 11 is 7.43. The summed E-state index contributed by atoms with van der Waals surface area (Å²) < 4.78 is 19.6. The molecule has 0 aromatic heterocycles. The Labute approximate surface area is 176 Å². The molecular formula is C21H31ClFNO3S. The molecule has 0 heterocycles. The number of carbonyl (C=O) groups excluding carboxylic acids is 2. The van der Waals surface area contributed by atoms with Gasteiger partial charge in [-0.05, 0) is 36.8 Å². The maximum absolute atomic E-state index is 14.2. The second-order valence-electron chi connectivity index (χ2n) is 7.66. The van der Waals surface area contributed by atoms with E-state index in [1.165, 1.54) is 23.9 Å². The van der Waals surface area contributed by atoms with Crippen LogP contribution in [0.5, 0.6) is 0 Å². The number of nitrogens with one attached hydrogen (secondary N) is 1. The molecule has 1 rings (SSSR count). The topological polar surface area (TPSA) is 55.4 Å². The number of hydrogen-bond donors (Lipinski definition) is 1. The summed E-state index contributed by atoms with van der Waals surface area (Å²) in [7, 11) is 0. The largest absolute Gasteiger partial charge is 0.465 e. The minimum atomic E-state index is -0.596. The van der Waals surface area contributed by atoms with Crippen molar-refractivity contribution >= 4 is 40.9 Å². The highest BCUT2D eigenvalue weighted by atomic mass is 35.5. The minimum Gasteiger partial charge on any atom is -0.465 e. The summed E-state index contributed by atoms with van der Waals surface area (Å²) in [6.07, 6.45) is 2.46. The molecule has 1 N–H and O–H groups in total. The monoisotopic (exact) mass is 431 g/mol. The average molecular weight is 432 g/mol. The highest BCUT2D eigenvalue weighted by molar-refractivity contribution is 8.00. The van der Waals surface area contributed by atoms with Crippen LogP contribution in [-0.2, 0) is 14.3 Å². The third-order valence-electron chi connectivity index (χ3n) is 3.89. The van der Waals surface area contributed by atoms with Gasteiger partial charge in [-0.1, -0.05) is 52.6 Å². The first-order chi connectivity index (χ1) is 13.1. The number of anilines is 1. The third-order valence-corrected chi connectivity index (χ3v) is 5.62. The summed E-state index contributed by atoms with van der Waals surface area (Å²) in [5.41, 5.74) is 0.0754. The summed E-state index contributed by atoms with van der Waals surface area (Å²) in [4.78, 5) is 25.0. The van der Waals surface area contributed by atoms with E-state index in [-0.39, 0.29) is 28.5 Å². The standard InChI is InChI=1S/C21H31ClFNO3S/c1-6-7-18(21(26)27-12-14(4)5)28-19-11-17(16(23)10-15(19)22)24-20(25)9-8-13(2)3/h10-11,13-14,18H,6-9,12H2,1-5H3,(H,24,25). The Balaban J connectivity index is 2.92. The first kappa shape index (κ1) is 24.8. The van der Waals surface area contributed by atoms with Crippen LogP contribution in [0.25, 0.3) is 0 Å². The van der Waals surface area contributed by atoms with Crippen molar-refractivity contribution in [2.45, 2.75) is 70.4 Å². The van der Waals surface area contributed by atoms with Crippen LogP contribution in [0.3, 0.4) is 0 Å². The number of esters is 1. The van der Waals surface area contributed by atoms with Crippen LogP contribution >= 0.6 is 23.4 Å².